The number of pyridine rings is 1. The van der Waals surface area contributed by atoms with E-state index in [1.54, 1.807) is 0 Å². The first kappa shape index (κ1) is 11.7. The van der Waals surface area contributed by atoms with Crippen molar-refractivity contribution in [2.75, 3.05) is 5.32 Å². The van der Waals surface area contributed by atoms with Crippen LogP contribution in [0.2, 0.25) is 0 Å². The smallest absolute Gasteiger partial charge is 0.229 e. The van der Waals surface area contributed by atoms with Crippen LogP contribution in [0.25, 0.3) is 16.6 Å². The van der Waals surface area contributed by atoms with Gasteiger partial charge >= 0.3 is 0 Å². The number of anilines is 1. The Bertz CT molecular complexity index is 740. The molecule has 2 aromatic heterocycles. The molecule has 1 fully saturated rings. The molecule has 1 N–H and O–H groups in total. The van der Waals surface area contributed by atoms with Crippen LogP contribution in [0, 0.1) is 0 Å². The third-order valence-electron chi connectivity index (χ3n) is 4.22. The molecule has 0 saturated heterocycles. The second kappa shape index (κ2) is 4.78. The van der Waals surface area contributed by atoms with Crippen LogP contribution >= 0.6 is 0 Å². The highest BCUT2D eigenvalue weighted by atomic mass is 15.3. The molecule has 1 aliphatic rings. The maximum absolute atomic E-state index is 4.34. The van der Waals surface area contributed by atoms with E-state index < -0.39 is 0 Å². The highest BCUT2D eigenvalue weighted by molar-refractivity contribution is 5.83. The van der Waals surface area contributed by atoms with Crippen molar-refractivity contribution in [3.05, 3.63) is 36.4 Å². The van der Waals surface area contributed by atoms with E-state index in [4.69, 9.17) is 0 Å². The minimum atomic E-state index is 0.537. The Hall–Kier alpha value is -2.10. The van der Waals surface area contributed by atoms with Crippen LogP contribution in [0.15, 0.2) is 36.4 Å². The average molecular weight is 266 g/mol. The molecule has 0 radical (unpaired) electrons. The second-order valence-corrected chi connectivity index (χ2v) is 5.59. The van der Waals surface area contributed by atoms with Crippen LogP contribution in [-0.2, 0) is 0 Å². The SMILES string of the molecule is c1ccc2c(c1)ccc1nnc(NC3CCCCC3)n12. The minimum absolute atomic E-state index is 0.537. The van der Waals surface area contributed by atoms with Crippen LogP contribution in [0.1, 0.15) is 32.1 Å². The van der Waals surface area contributed by atoms with Crippen molar-refractivity contribution in [3.8, 4) is 0 Å². The van der Waals surface area contributed by atoms with Crippen molar-refractivity contribution in [1.29, 1.82) is 0 Å². The normalized spacial score (nSPS) is 16.8. The van der Waals surface area contributed by atoms with Crippen molar-refractivity contribution in [3.63, 3.8) is 0 Å². The third kappa shape index (κ3) is 1.92. The van der Waals surface area contributed by atoms with E-state index in [2.05, 4.69) is 50.2 Å². The molecule has 1 aliphatic carbocycles. The van der Waals surface area contributed by atoms with E-state index in [1.807, 2.05) is 6.07 Å². The quantitative estimate of drug-likeness (QED) is 0.770. The standard InChI is InChI=1S/C16H18N4/c1-2-7-13(8-3-1)17-16-19-18-15-11-10-12-6-4-5-9-14(12)20(15)16/h4-6,9-11,13H,1-3,7-8H2,(H,17,19). The van der Waals surface area contributed by atoms with Crippen LogP contribution in [0.3, 0.4) is 0 Å². The van der Waals surface area contributed by atoms with Gasteiger partial charge in [-0.05, 0) is 36.4 Å². The van der Waals surface area contributed by atoms with Gasteiger partial charge in [0.1, 0.15) is 0 Å². The third-order valence-corrected chi connectivity index (χ3v) is 4.22. The molecule has 0 unspecified atom stereocenters. The van der Waals surface area contributed by atoms with Gasteiger partial charge in [0.25, 0.3) is 0 Å². The molecule has 1 saturated carbocycles. The lowest BCUT2D eigenvalue weighted by Gasteiger charge is -2.22. The molecule has 0 atom stereocenters. The Balaban J connectivity index is 1.80. The van der Waals surface area contributed by atoms with Crippen molar-refractivity contribution < 1.29 is 0 Å². The number of hydrogen-bond donors (Lipinski definition) is 1. The molecule has 4 nitrogen and oxygen atoms in total. The van der Waals surface area contributed by atoms with Crippen molar-refractivity contribution in [2.45, 2.75) is 38.1 Å². The van der Waals surface area contributed by atoms with E-state index in [0.717, 1.165) is 17.1 Å². The van der Waals surface area contributed by atoms with E-state index in [-0.39, 0.29) is 0 Å². The van der Waals surface area contributed by atoms with Gasteiger partial charge in [-0.3, -0.25) is 4.40 Å². The highest BCUT2D eigenvalue weighted by Gasteiger charge is 2.16. The van der Waals surface area contributed by atoms with E-state index in [0.29, 0.717) is 6.04 Å². The van der Waals surface area contributed by atoms with Crippen LogP contribution in [0.4, 0.5) is 5.95 Å². The fourth-order valence-electron chi connectivity index (χ4n) is 3.16. The molecule has 0 spiro atoms. The molecule has 4 rings (SSSR count). The summed E-state index contributed by atoms with van der Waals surface area (Å²) in [4.78, 5) is 0. The fraction of sp³-hybridized carbons (Fsp3) is 0.375. The van der Waals surface area contributed by atoms with Crippen LogP contribution < -0.4 is 5.32 Å². The molecule has 1 aromatic carbocycles. The van der Waals surface area contributed by atoms with Gasteiger partial charge in [-0.25, -0.2) is 0 Å². The Labute approximate surface area is 117 Å². The maximum Gasteiger partial charge on any atom is 0.229 e. The molecule has 4 heteroatoms. The number of nitrogens with one attached hydrogen (secondary N) is 1. The number of rotatable bonds is 2. The monoisotopic (exact) mass is 266 g/mol. The first-order chi connectivity index (χ1) is 9.92. The van der Waals surface area contributed by atoms with Crippen LogP contribution in [-0.4, -0.2) is 20.6 Å². The zero-order valence-electron chi connectivity index (χ0n) is 11.4. The summed E-state index contributed by atoms with van der Waals surface area (Å²) < 4.78 is 2.13. The zero-order valence-corrected chi connectivity index (χ0v) is 11.4. The average Bonchev–Trinajstić information content (AvgIpc) is 2.92. The Morgan fingerprint density at radius 3 is 2.70 bits per heavy atom. The summed E-state index contributed by atoms with van der Waals surface area (Å²) in [6.45, 7) is 0. The summed E-state index contributed by atoms with van der Waals surface area (Å²) in [5, 5.41) is 13.4. The van der Waals surface area contributed by atoms with E-state index >= 15 is 0 Å². The number of benzene rings is 1. The largest absolute Gasteiger partial charge is 0.351 e. The topological polar surface area (TPSA) is 42.2 Å². The number of para-hydroxylation sites is 1. The molecule has 3 aromatic rings. The summed E-state index contributed by atoms with van der Waals surface area (Å²) in [6.07, 6.45) is 6.46. The van der Waals surface area contributed by atoms with Gasteiger partial charge in [0.15, 0.2) is 5.65 Å². The molecular weight excluding hydrogens is 248 g/mol. The molecule has 102 valence electrons. The minimum Gasteiger partial charge on any atom is -0.351 e. The first-order valence-corrected chi connectivity index (χ1v) is 7.41. The number of nitrogens with zero attached hydrogens (tertiary/aromatic N) is 3. The summed E-state index contributed by atoms with van der Waals surface area (Å²) in [7, 11) is 0. The number of hydrogen-bond acceptors (Lipinski definition) is 3. The zero-order chi connectivity index (χ0) is 13.4. The summed E-state index contributed by atoms with van der Waals surface area (Å²) >= 11 is 0. The van der Waals surface area contributed by atoms with Gasteiger partial charge in [-0.2, -0.15) is 0 Å². The predicted octanol–water partition coefficient (Wildman–Crippen LogP) is 3.63. The van der Waals surface area contributed by atoms with Gasteiger partial charge in [0, 0.05) is 6.04 Å². The highest BCUT2D eigenvalue weighted by Crippen LogP contribution is 2.23. The molecule has 2 heterocycles. The van der Waals surface area contributed by atoms with Gasteiger partial charge in [-0.1, -0.05) is 37.5 Å². The lowest BCUT2D eigenvalue weighted by atomic mass is 9.96. The Kier molecular flexibility index (Phi) is 2.80. The van der Waals surface area contributed by atoms with E-state index in [1.165, 1.54) is 37.5 Å². The number of aromatic nitrogens is 3. The summed E-state index contributed by atoms with van der Waals surface area (Å²) in [5.74, 6) is 0.878. The molecule has 0 aliphatic heterocycles. The molecule has 0 amide bonds. The first-order valence-electron chi connectivity index (χ1n) is 7.41. The predicted molar refractivity (Wildman–Crippen MR) is 81.0 cm³/mol. The van der Waals surface area contributed by atoms with Crippen molar-refractivity contribution in [1.82, 2.24) is 14.6 Å². The van der Waals surface area contributed by atoms with Gasteiger partial charge in [0.2, 0.25) is 5.95 Å². The number of fused-ring (bicyclic) bond motifs is 3. The van der Waals surface area contributed by atoms with Gasteiger partial charge in [-0.15, -0.1) is 10.2 Å². The maximum atomic E-state index is 4.34. The Morgan fingerprint density at radius 2 is 1.80 bits per heavy atom. The van der Waals surface area contributed by atoms with Crippen LogP contribution in [0.5, 0.6) is 0 Å². The van der Waals surface area contributed by atoms with Crippen molar-refractivity contribution >= 4 is 22.5 Å². The summed E-state index contributed by atoms with van der Waals surface area (Å²) in [6, 6.07) is 13.0. The fourth-order valence-corrected chi connectivity index (χ4v) is 3.16. The lowest BCUT2D eigenvalue weighted by molar-refractivity contribution is 0.460. The lowest BCUT2D eigenvalue weighted by Crippen LogP contribution is -2.23. The van der Waals surface area contributed by atoms with Gasteiger partial charge in [0.05, 0.1) is 5.52 Å². The second-order valence-electron chi connectivity index (χ2n) is 5.59. The summed E-state index contributed by atoms with van der Waals surface area (Å²) in [5.41, 5.74) is 2.07. The van der Waals surface area contributed by atoms with Crippen molar-refractivity contribution in [2.24, 2.45) is 0 Å². The molecule has 0 bridgehead atoms. The Morgan fingerprint density at radius 1 is 0.950 bits per heavy atom. The molecule has 20 heavy (non-hydrogen) atoms. The molecular formula is C16H18N4. The van der Waals surface area contributed by atoms with Gasteiger partial charge < -0.3 is 5.32 Å². The van der Waals surface area contributed by atoms with E-state index in [9.17, 15) is 0 Å².